The fourth-order valence-corrected chi connectivity index (χ4v) is 3.58. The zero-order valence-electron chi connectivity index (χ0n) is 14.8. The summed E-state index contributed by atoms with van der Waals surface area (Å²) in [7, 11) is 3.00. The Morgan fingerprint density at radius 1 is 1.21 bits per heavy atom. The number of rotatable bonds is 6. The van der Waals surface area contributed by atoms with Crippen LogP contribution < -0.4 is 14.9 Å². The third-order valence-corrected chi connectivity index (χ3v) is 5.25. The summed E-state index contributed by atoms with van der Waals surface area (Å²) < 4.78 is 11.1. The number of nitro groups is 1. The number of carbonyl (C=O) groups excluding carboxylic acids is 1. The topological polar surface area (TPSA) is 103 Å². The molecule has 2 aromatic carbocycles. The van der Waals surface area contributed by atoms with Gasteiger partial charge in [-0.2, -0.15) is 5.10 Å². The average Bonchev–Trinajstić information content (AvgIpc) is 3.12. The number of methoxy groups -OCH3 is 2. The Kier molecular flexibility index (Phi) is 5.76. The Labute approximate surface area is 168 Å². The number of non-ortho nitro benzene ring substituents is 1. The van der Waals surface area contributed by atoms with Gasteiger partial charge < -0.3 is 9.47 Å². The van der Waals surface area contributed by atoms with E-state index in [1.54, 1.807) is 24.3 Å². The standard InChI is InChI=1S/C18H14ClN3O5S/c1-26-14-6-11(13(19)8-15(14)27-2)9-20-21-18(23)17-7-10-5-12(22(24)25)3-4-16(10)28-17/h3-9H,1-2H3,(H,21,23). The molecule has 8 nitrogen and oxygen atoms in total. The van der Waals surface area contributed by atoms with Gasteiger partial charge in [0.15, 0.2) is 11.5 Å². The van der Waals surface area contributed by atoms with Gasteiger partial charge in [-0.3, -0.25) is 14.9 Å². The molecule has 1 amide bonds. The van der Waals surface area contributed by atoms with Crippen LogP contribution in [0.25, 0.3) is 10.1 Å². The first-order chi connectivity index (χ1) is 13.4. The number of halogens is 1. The number of ether oxygens (including phenoxy) is 2. The lowest BCUT2D eigenvalue weighted by Gasteiger charge is -2.09. The van der Waals surface area contributed by atoms with E-state index in [9.17, 15) is 14.9 Å². The maximum atomic E-state index is 12.3. The van der Waals surface area contributed by atoms with E-state index in [0.29, 0.717) is 32.3 Å². The van der Waals surface area contributed by atoms with Crippen molar-refractivity contribution in [2.24, 2.45) is 5.10 Å². The summed E-state index contributed by atoms with van der Waals surface area (Å²) in [5.41, 5.74) is 2.92. The van der Waals surface area contributed by atoms with Crippen LogP contribution in [0.4, 0.5) is 5.69 Å². The van der Waals surface area contributed by atoms with Crippen molar-refractivity contribution in [2.75, 3.05) is 14.2 Å². The fraction of sp³-hybridized carbons (Fsp3) is 0.111. The molecule has 0 aliphatic heterocycles. The highest BCUT2D eigenvalue weighted by atomic mass is 35.5. The molecular formula is C18H14ClN3O5S. The summed E-state index contributed by atoms with van der Waals surface area (Å²) in [6.45, 7) is 0. The van der Waals surface area contributed by atoms with E-state index in [2.05, 4.69) is 10.5 Å². The molecule has 0 atom stereocenters. The lowest BCUT2D eigenvalue weighted by Crippen LogP contribution is -2.16. The Balaban J connectivity index is 1.77. The number of nitrogens with zero attached hydrogens (tertiary/aromatic N) is 2. The van der Waals surface area contributed by atoms with Gasteiger partial charge in [-0.15, -0.1) is 11.3 Å². The Morgan fingerprint density at radius 3 is 2.61 bits per heavy atom. The summed E-state index contributed by atoms with van der Waals surface area (Å²) in [4.78, 5) is 23.1. The maximum Gasteiger partial charge on any atom is 0.281 e. The molecule has 0 radical (unpaired) electrons. The van der Waals surface area contributed by atoms with Crippen molar-refractivity contribution in [3.05, 3.63) is 62.0 Å². The first-order valence-electron chi connectivity index (χ1n) is 7.86. The van der Waals surface area contributed by atoms with E-state index in [1.165, 1.54) is 43.9 Å². The van der Waals surface area contributed by atoms with Gasteiger partial charge in [0, 0.05) is 33.8 Å². The lowest BCUT2D eigenvalue weighted by atomic mass is 10.2. The molecular weight excluding hydrogens is 406 g/mol. The lowest BCUT2D eigenvalue weighted by molar-refractivity contribution is -0.384. The monoisotopic (exact) mass is 419 g/mol. The van der Waals surface area contributed by atoms with E-state index in [-0.39, 0.29) is 5.69 Å². The number of hydrazone groups is 1. The quantitative estimate of drug-likeness (QED) is 0.365. The summed E-state index contributed by atoms with van der Waals surface area (Å²) in [5.74, 6) is 0.524. The SMILES string of the molecule is COc1cc(Cl)c(C=NNC(=O)c2cc3cc([N+](=O)[O-])ccc3s2)cc1OC. The van der Waals surface area contributed by atoms with Crippen molar-refractivity contribution in [2.45, 2.75) is 0 Å². The number of benzene rings is 2. The number of thiophene rings is 1. The highest BCUT2D eigenvalue weighted by Gasteiger charge is 2.13. The van der Waals surface area contributed by atoms with E-state index in [4.69, 9.17) is 21.1 Å². The van der Waals surface area contributed by atoms with Crippen molar-refractivity contribution >= 4 is 50.8 Å². The molecule has 0 aliphatic rings. The number of nitro benzene ring substituents is 1. The predicted octanol–water partition coefficient (Wildman–Crippen LogP) is 4.24. The third kappa shape index (κ3) is 4.05. The zero-order chi connectivity index (χ0) is 20.3. The first kappa shape index (κ1) is 19.6. The molecule has 1 N–H and O–H groups in total. The number of fused-ring (bicyclic) bond motifs is 1. The number of hydrogen-bond donors (Lipinski definition) is 1. The predicted molar refractivity (Wildman–Crippen MR) is 108 cm³/mol. The van der Waals surface area contributed by atoms with Crippen LogP contribution in [0, 0.1) is 10.1 Å². The summed E-state index contributed by atoms with van der Waals surface area (Å²) >= 11 is 7.39. The van der Waals surface area contributed by atoms with E-state index in [1.807, 2.05) is 0 Å². The molecule has 0 fully saturated rings. The zero-order valence-corrected chi connectivity index (χ0v) is 16.3. The minimum atomic E-state index is -0.478. The smallest absolute Gasteiger partial charge is 0.281 e. The molecule has 0 saturated carbocycles. The average molecular weight is 420 g/mol. The first-order valence-corrected chi connectivity index (χ1v) is 9.05. The van der Waals surface area contributed by atoms with Crippen LogP contribution in [-0.2, 0) is 0 Å². The second-order valence-electron chi connectivity index (χ2n) is 5.52. The summed E-state index contributed by atoms with van der Waals surface area (Å²) in [5, 5.41) is 15.8. The molecule has 0 unspecified atom stereocenters. The Hall–Kier alpha value is -3.17. The molecule has 1 heterocycles. The second kappa shape index (κ2) is 8.24. The Bertz CT molecular complexity index is 1100. The highest BCUT2D eigenvalue weighted by Crippen LogP contribution is 2.32. The van der Waals surface area contributed by atoms with Crippen molar-refractivity contribution in [1.29, 1.82) is 0 Å². The maximum absolute atomic E-state index is 12.3. The van der Waals surface area contributed by atoms with Crippen LogP contribution in [0.3, 0.4) is 0 Å². The highest BCUT2D eigenvalue weighted by molar-refractivity contribution is 7.20. The minimum Gasteiger partial charge on any atom is -0.493 e. The molecule has 3 rings (SSSR count). The van der Waals surface area contributed by atoms with Gasteiger partial charge in [-0.1, -0.05) is 11.6 Å². The molecule has 144 valence electrons. The number of hydrogen-bond acceptors (Lipinski definition) is 7. The second-order valence-corrected chi connectivity index (χ2v) is 7.01. The van der Waals surface area contributed by atoms with E-state index >= 15 is 0 Å². The van der Waals surface area contributed by atoms with Crippen LogP contribution in [0.5, 0.6) is 11.5 Å². The minimum absolute atomic E-state index is 0.0293. The van der Waals surface area contributed by atoms with Gasteiger partial charge in [0.1, 0.15) is 0 Å². The van der Waals surface area contributed by atoms with Gasteiger partial charge >= 0.3 is 0 Å². The largest absolute Gasteiger partial charge is 0.493 e. The number of nitrogens with one attached hydrogen (secondary N) is 1. The van der Waals surface area contributed by atoms with Crippen LogP contribution in [0.1, 0.15) is 15.2 Å². The van der Waals surface area contributed by atoms with Crippen molar-refractivity contribution < 1.29 is 19.2 Å². The molecule has 28 heavy (non-hydrogen) atoms. The normalized spacial score (nSPS) is 11.0. The molecule has 0 aliphatic carbocycles. The van der Waals surface area contributed by atoms with Crippen LogP contribution in [-0.4, -0.2) is 31.3 Å². The third-order valence-electron chi connectivity index (χ3n) is 3.81. The molecule has 0 spiro atoms. The van der Waals surface area contributed by atoms with Gasteiger partial charge in [-0.05, 0) is 18.2 Å². The molecule has 3 aromatic rings. The summed E-state index contributed by atoms with van der Waals surface area (Å²) in [6.07, 6.45) is 1.39. The van der Waals surface area contributed by atoms with Gasteiger partial charge in [0.2, 0.25) is 0 Å². The van der Waals surface area contributed by atoms with E-state index < -0.39 is 10.8 Å². The summed E-state index contributed by atoms with van der Waals surface area (Å²) in [6, 6.07) is 9.24. The molecule has 0 saturated heterocycles. The number of carbonyl (C=O) groups is 1. The van der Waals surface area contributed by atoms with Crippen molar-refractivity contribution in [1.82, 2.24) is 5.43 Å². The van der Waals surface area contributed by atoms with Gasteiger partial charge in [0.05, 0.1) is 35.3 Å². The van der Waals surface area contributed by atoms with Crippen LogP contribution in [0.15, 0.2) is 41.5 Å². The van der Waals surface area contributed by atoms with E-state index in [0.717, 1.165) is 4.70 Å². The van der Waals surface area contributed by atoms with Crippen LogP contribution >= 0.6 is 22.9 Å². The van der Waals surface area contributed by atoms with Crippen LogP contribution in [0.2, 0.25) is 5.02 Å². The molecule has 1 aromatic heterocycles. The van der Waals surface area contributed by atoms with Gasteiger partial charge in [0.25, 0.3) is 11.6 Å². The molecule has 0 bridgehead atoms. The Morgan fingerprint density at radius 2 is 1.93 bits per heavy atom. The van der Waals surface area contributed by atoms with Gasteiger partial charge in [-0.25, -0.2) is 5.43 Å². The van der Waals surface area contributed by atoms with Crippen molar-refractivity contribution in [3.8, 4) is 11.5 Å². The molecule has 10 heteroatoms. The van der Waals surface area contributed by atoms with Crippen molar-refractivity contribution in [3.63, 3.8) is 0 Å². The fourth-order valence-electron chi connectivity index (χ4n) is 2.44. The number of amides is 1.